The molecule has 0 radical (unpaired) electrons. The minimum atomic E-state index is -0.134. The zero-order valence-corrected chi connectivity index (χ0v) is 34.2. The zero-order valence-electron chi connectivity index (χ0n) is 34.2. The van der Waals surface area contributed by atoms with Gasteiger partial charge in [-0.1, -0.05) is 179 Å². The van der Waals surface area contributed by atoms with Crippen LogP contribution in [-0.2, 0) is 10.8 Å². The van der Waals surface area contributed by atoms with Gasteiger partial charge in [0.1, 0.15) is 0 Å². The molecule has 2 aliphatic rings. The van der Waals surface area contributed by atoms with Crippen molar-refractivity contribution in [3.63, 3.8) is 0 Å². The van der Waals surface area contributed by atoms with Crippen LogP contribution in [0.2, 0.25) is 0 Å². The van der Waals surface area contributed by atoms with Gasteiger partial charge in [0, 0.05) is 39.3 Å². The lowest BCUT2D eigenvalue weighted by Crippen LogP contribution is -2.34. The Morgan fingerprint density at radius 3 is 1.82 bits per heavy atom. The molecule has 2 nitrogen and oxygen atoms in total. The minimum Gasteiger partial charge on any atom is -0.355 e. The maximum absolute atomic E-state index is 3.76. The first kappa shape index (κ1) is 36.0. The number of aromatic nitrogens is 1. The van der Waals surface area contributed by atoms with Crippen LogP contribution in [0.1, 0.15) is 49.1 Å². The molecule has 0 spiro atoms. The number of nitrogens with one attached hydrogen (secondary N) is 1. The van der Waals surface area contributed by atoms with Gasteiger partial charge < -0.3 is 9.88 Å². The van der Waals surface area contributed by atoms with Crippen molar-refractivity contribution < 1.29 is 0 Å². The molecular formula is C58H46N2. The van der Waals surface area contributed by atoms with Crippen molar-refractivity contribution in [2.45, 2.75) is 37.5 Å². The fraction of sp³-hybridized carbons (Fsp3) is 0.103. The quantitative estimate of drug-likeness (QED) is 0.171. The lowest BCUT2D eigenvalue weighted by Gasteiger charge is -2.40. The predicted molar refractivity (Wildman–Crippen MR) is 253 cm³/mol. The summed E-state index contributed by atoms with van der Waals surface area (Å²) in [5.41, 5.74) is 19.5. The van der Waals surface area contributed by atoms with E-state index in [1.54, 1.807) is 0 Å². The Morgan fingerprint density at radius 1 is 0.467 bits per heavy atom. The number of rotatable bonds is 7. The monoisotopic (exact) mass is 770 g/mol. The second-order valence-corrected chi connectivity index (χ2v) is 17.3. The highest BCUT2D eigenvalue weighted by Gasteiger charge is 2.55. The van der Waals surface area contributed by atoms with E-state index < -0.39 is 0 Å². The number of anilines is 2. The maximum atomic E-state index is 3.76. The highest BCUT2D eigenvalue weighted by atomic mass is 15.0. The molecule has 0 amide bonds. The summed E-state index contributed by atoms with van der Waals surface area (Å²) < 4.78 is 2.52. The molecule has 11 rings (SSSR count). The summed E-state index contributed by atoms with van der Waals surface area (Å²) in [4.78, 5) is 0. The number of hydrogen-bond donors (Lipinski definition) is 1. The van der Waals surface area contributed by atoms with Gasteiger partial charge in [0.15, 0.2) is 0 Å². The van der Waals surface area contributed by atoms with E-state index in [9.17, 15) is 0 Å². The Bertz CT molecular complexity index is 3110. The summed E-state index contributed by atoms with van der Waals surface area (Å²) >= 11 is 0. The SMILES string of the molecule is CC1(C)c2ccccc2C2(C)C=Cc3c(c4cc(-c5cccc(-c6ccccc6Nc6cccc(-c7ccccc7)c6)c5)ccc4n3-c3cccc(-c4ccccc4)c3)C12. The molecule has 9 aromatic rings. The average Bonchev–Trinajstić information content (AvgIpc) is 3.72. The molecule has 0 fully saturated rings. The molecule has 1 heterocycles. The number of hydrogen-bond acceptors (Lipinski definition) is 1. The fourth-order valence-corrected chi connectivity index (χ4v) is 10.7. The first-order chi connectivity index (χ1) is 29.4. The standard InChI is InChI=1S/C58H46N2/c1-57(2)50-28-11-12-29-51(50)58(3)34-33-54-55(56(57)58)49-38-44(31-32-53(49)60(54)47-26-16-23-43(37-47)40-19-8-5-9-20-40)41-21-14-24-45(35-41)48-27-10-13-30-52(48)59-46-25-15-22-42(36-46)39-17-6-4-7-18-39/h4-38,56,59H,1-3H3. The van der Waals surface area contributed by atoms with E-state index in [1.807, 2.05) is 0 Å². The third kappa shape index (κ3) is 5.78. The van der Waals surface area contributed by atoms with Crippen molar-refractivity contribution in [3.8, 4) is 50.2 Å². The van der Waals surface area contributed by atoms with Crippen molar-refractivity contribution >= 4 is 28.4 Å². The number of allylic oxidation sites excluding steroid dienone is 1. The first-order valence-electron chi connectivity index (χ1n) is 21.1. The summed E-state index contributed by atoms with van der Waals surface area (Å²) in [6.07, 6.45) is 4.91. The second-order valence-electron chi connectivity index (χ2n) is 17.3. The van der Waals surface area contributed by atoms with Crippen LogP contribution in [0.5, 0.6) is 0 Å². The van der Waals surface area contributed by atoms with Crippen LogP contribution in [0.15, 0.2) is 206 Å². The summed E-state index contributed by atoms with van der Waals surface area (Å²) in [6.45, 7) is 7.38. The van der Waals surface area contributed by atoms with E-state index in [4.69, 9.17) is 0 Å². The Morgan fingerprint density at radius 2 is 1.05 bits per heavy atom. The average molecular weight is 771 g/mol. The number of fused-ring (bicyclic) bond motifs is 7. The van der Waals surface area contributed by atoms with Crippen LogP contribution in [0, 0.1) is 0 Å². The van der Waals surface area contributed by atoms with E-state index in [1.165, 1.54) is 83.5 Å². The first-order valence-corrected chi connectivity index (χ1v) is 21.1. The highest BCUT2D eigenvalue weighted by Crippen LogP contribution is 2.63. The third-order valence-corrected chi connectivity index (χ3v) is 13.3. The summed E-state index contributed by atoms with van der Waals surface area (Å²) in [5.74, 6) is 0.253. The molecule has 2 aliphatic carbocycles. The molecule has 2 atom stereocenters. The van der Waals surface area contributed by atoms with Gasteiger partial charge in [0.2, 0.25) is 0 Å². The third-order valence-electron chi connectivity index (χ3n) is 13.3. The summed E-state index contributed by atoms with van der Waals surface area (Å²) in [7, 11) is 0. The van der Waals surface area contributed by atoms with E-state index >= 15 is 0 Å². The predicted octanol–water partition coefficient (Wildman–Crippen LogP) is 15.4. The number of benzene rings is 8. The topological polar surface area (TPSA) is 17.0 Å². The second kappa shape index (κ2) is 14.0. The molecule has 0 saturated heterocycles. The van der Waals surface area contributed by atoms with Gasteiger partial charge in [-0.3, -0.25) is 0 Å². The molecule has 2 heteroatoms. The van der Waals surface area contributed by atoms with E-state index in [0.717, 1.165) is 11.4 Å². The molecule has 1 aromatic heterocycles. The van der Waals surface area contributed by atoms with Gasteiger partial charge in [-0.15, -0.1) is 0 Å². The van der Waals surface area contributed by atoms with Gasteiger partial charge in [-0.05, 0) is 116 Å². The Balaban J connectivity index is 1.04. The van der Waals surface area contributed by atoms with Crippen LogP contribution in [0.3, 0.4) is 0 Å². The fourth-order valence-electron chi connectivity index (χ4n) is 10.7. The lowest BCUT2D eigenvalue weighted by atomic mass is 9.63. The molecule has 2 unspecified atom stereocenters. The molecule has 1 N–H and O–H groups in total. The zero-order chi connectivity index (χ0) is 40.4. The van der Waals surface area contributed by atoms with Crippen molar-refractivity contribution in [2.75, 3.05) is 5.32 Å². The van der Waals surface area contributed by atoms with E-state index in [2.05, 4.69) is 243 Å². The molecule has 8 aromatic carbocycles. The number of para-hydroxylation sites is 1. The van der Waals surface area contributed by atoms with Gasteiger partial charge in [-0.25, -0.2) is 0 Å². The summed E-state index contributed by atoms with van der Waals surface area (Å²) in [6, 6.07) is 73.0. The van der Waals surface area contributed by atoms with Crippen molar-refractivity contribution in [1.82, 2.24) is 4.57 Å². The lowest BCUT2D eigenvalue weighted by molar-refractivity contribution is 0.356. The van der Waals surface area contributed by atoms with Crippen LogP contribution >= 0.6 is 0 Å². The van der Waals surface area contributed by atoms with E-state index in [-0.39, 0.29) is 16.7 Å². The Labute approximate surface area is 353 Å². The van der Waals surface area contributed by atoms with Crippen molar-refractivity contribution in [2.24, 2.45) is 0 Å². The van der Waals surface area contributed by atoms with Crippen LogP contribution in [0.4, 0.5) is 11.4 Å². The minimum absolute atomic E-state index is 0.0803. The molecule has 0 bridgehead atoms. The van der Waals surface area contributed by atoms with Crippen LogP contribution < -0.4 is 5.32 Å². The van der Waals surface area contributed by atoms with Gasteiger partial charge in [0.05, 0.1) is 11.2 Å². The Hall–Kier alpha value is -7.16. The normalized spacial score (nSPS) is 17.2. The largest absolute Gasteiger partial charge is 0.355 e. The molecular weight excluding hydrogens is 725 g/mol. The van der Waals surface area contributed by atoms with Gasteiger partial charge >= 0.3 is 0 Å². The smallest absolute Gasteiger partial charge is 0.0538 e. The van der Waals surface area contributed by atoms with Crippen LogP contribution in [0.25, 0.3) is 67.2 Å². The van der Waals surface area contributed by atoms with Crippen molar-refractivity contribution in [1.29, 1.82) is 0 Å². The Kier molecular flexibility index (Phi) is 8.39. The molecule has 60 heavy (non-hydrogen) atoms. The number of nitrogens with zero attached hydrogens (tertiary/aromatic N) is 1. The maximum Gasteiger partial charge on any atom is 0.0538 e. The van der Waals surface area contributed by atoms with E-state index in [0.29, 0.717) is 0 Å². The van der Waals surface area contributed by atoms with Crippen molar-refractivity contribution in [3.05, 3.63) is 229 Å². The highest BCUT2D eigenvalue weighted by molar-refractivity contribution is 5.96. The van der Waals surface area contributed by atoms with Crippen LogP contribution in [-0.4, -0.2) is 4.57 Å². The molecule has 0 aliphatic heterocycles. The van der Waals surface area contributed by atoms with Gasteiger partial charge in [0.25, 0.3) is 0 Å². The molecule has 0 saturated carbocycles. The van der Waals surface area contributed by atoms with Gasteiger partial charge in [-0.2, -0.15) is 0 Å². The molecule has 288 valence electrons. The summed E-state index contributed by atoms with van der Waals surface area (Å²) in [5, 5.41) is 5.08.